The summed E-state index contributed by atoms with van der Waals surface area (Å²) in [5, 5.41) is 20.8. The minimum Gasteiger partial charge on any atom is -0.394 e. The molecule has 0 amide bonds. The number of aliphatic hydroxyl groups is 1. The molecule has 184 valence electrons. The molecule has 2 N–H and O–H groups in total. The molecule has 3 aromatic heterocycles. The fourth-order valence-corrected chi connectivity index (χ4v) is 4.74. The Morgan fingerprint density at radius 1 is 1.24 bits per heavy atom. The first kappa shape index (κ1) is 24.8. The fraction of sp³-hybridized carbons (Fsp3) is 0.524. The summed E-state index contributed by atoms with van der Waals surface area (Å²) in [6.45, 7) is 2.75. The number of anilines is 1. The predicted octanol–water partition coefficient (Wildman–Crippen LogP) is 4.15. The highest BCUT2D eigenvalue weighted by Gasteiger charge is 2.62. The third-order valence-electron chi connectivity index (χ3n) is 6.50. The van der Waals surface area contributed by atoms with Crippen LogP contribution in [-0.4, -0.2) is 53.2 Å². The fourth-order valence-electron chi connectivity index (χ4n) is 4.54. The Balaban J connectivity index is 0.00000274. The maximum absolute atomic E-state index is 14.0. The van der Waals surface area contributed by atoms with Gasteiger partial charge in [0.2, 0.25) is 5.95 Å². The lowest BCUT2D eigenvalue weighted by atomic mass is 9.67. The summed E-state index contributed by atoms with van der Waals surface area (Å²) in [6.07, 6.45) is 0.237. The average Bonchev–Trinajstić information content (AvgIpc) is 3.28. The van der Waals surface area contributed by atoms with Gasteiger partial charge in [0, 0.05) is 30.9 Å². The van der Waals surface area contributed by atoms with Gasteiger partial charge in [-0.05, 0) is 32.3 Å². The van der Waals surface area contributed by atoms with Gasteiger partial charge in [-0.15, -0.1) is 10.2 Å². The maximum atomic E-state index is 14.0. The Labute approximate surface area is 206 Å². The zero-order valence-electron chi connectivity index (χ0n) is 18.4. The molecular formula is C21H25ClF3N7OS. The van der Waals surface area contributed by atoms with Crippen molar-refractivity contribution in [2.45, 2.75) is 63.3 Å². The maximum Gasteiger partial charge on any atom is 0.401 e. The minimum absolute atomic E-state index is 0. The first-order valence-corrected chi connectivity index (χ1v) is 11.2. The zero-order chi connectivity index (χ0) is 23.4. The van der Waals surface area contributed by atoms with E-state index in [9.17, 15) is 18.3 Å². The molecule has 1 atom stereocenters. The van der Waals surface area contributed by atoms with Crippen LogP contribution in [0.25, 0.3) is 22.8 Å². The number of hydrogen-bond donors (Lipinski definition) is 2. The highest BCUT2D eigenvalue weighted by atomic mass is 35.5. The Morgan fingerprint density at radius 3 is 2.65 bits per heavy atom. The van der Waals surface area contributed by atoms with Crippen molar-refractivity contribution in [2.75, 3.05) is 11.9 Å². The van der Waals surface area contributed by atoms with Gasteiger partial charge in [-0.3, -0.25) is 0 Å². The van der Waals surface area contributed by atoms with E-state index < -0.39 is 11.6 Å². The van der Waals surface area contributed by atoms with Crippen LogP contribution < -0.4 is 5.32 Å². The Kier molecular flexibility index (Phi) is 6.60. The number of alkyl halides is 3. The molecule has 1 aliphatic carbocycles. The molecule has 0 saturated heterocycles. The van der Waals surface area contributed by atoms with Gasteiger partial charge in [0.25, 0.3) is 0 Å². The molecule has 0 unspecified atom stereocenters. The van der Waals surface area contributed by atoms with Crippen molar-refractivity contribution < 1.29 is 18.3 Å². The first-order valence-electron chi connectivity index (χ1n) is 10.8. The Hall–Kier alpha value is -2.31. The quantitative estimate of drug-likeness (QED) is 0.530. The number of fused-ring (bicyclic) bond motifs is 3. The lowest BCUT2D eigenvalue weighted by Crippen LogP contribution is -2.49. The summed E-state index contributed by atoms with van der Waals surface area (Å²) in [5.74, 6) is 0.749. The van der Waals surface area contributed by atoms with E-state index in [1.807, 2.05) is 16.8 Å². The van der Waals surface area contributed by atoms with Gasteiger partial charge in [0.15, 0.2) is 5.82 Å². The first-order chi connectivity index (χ1) is 15.7. The molecule has 13 heteroatoms. The second-order valence-corrected chi connectivity index (χ2v) is 9.12. The van der Waals surface area contributed by atoms with E-state index in [0.29, 0.717) is 59.7 Å². The van der Waals surface area contributed by atoms with E-state index >= 15 is 0 Å². The topological polar surface area (TPSA) is 93.7 Å². The second kappa shape index (κ2) is 9.04. The number of nitrogens with one attached hydrogen (secondary N) is 1. The monoisotopic (exact) mass is 515 g/mol. The van der Waals surface area contributed by atoms with Gasteiger partial charge in [-0.25, -0.2) is 9.97 Å². The number of aryl methyl sites for hydroxylation is 1. The third-order valence-corrected chi connectivity index (χ3v) is 6.78. The van der Waals surface area contributed by atoms with Gasteiger partial charge in [0.05, 0.1) is 29.2 Å². The second-order valence-electron chi connectivity index (χ2n) is 8.71. The van der Waals surface area contributed by atoms with E-state index in [2.05, 4.69) is 25.5 Å². The smallest absolute Gasteiger partial charge is 0.394 e. The number of aromatic nitrogens is 6. The minimum atomic E-state index is -4.36. The summed E-state index contributed by atoms with van der Waals surface area (Å²) in [4.78, 5) is 8.63. The summed E-state index contributed by atoms with van der Waals surface area (Å²) in [6, 6.07) is 1.58. The van der Waals surface area contributed by atoms with Crippen molar-refractivity contribution in [1.29, 1.82) is 0 Å². The molecule has 1 saturated carbocycles. The lowest BCUT2D eigenvalue weighted by Gasteiger charge is -2.42. The van der Waals surface area contributed by atoms with Crippen molar-refractivity contribution in [3.05, 3.63) is 29.3 Å². The van der Waals surface area contributed by atoms with Crippen LogP contribution in [0.1, 0.15) is 38.4 Å². The highest BCUT2D eigenvalue weighted by Crippen LogP contribution is 2.54. The van der Waals surface area contributed by atoms with Gasteiger partial charge >= 0.3 is 6.18 Å². The van der Waals surface area contributed by atoms with E-state index in [1.165, 1.54) is 6.20 Å². The molecule has 0 aromatic carbocycles. The molecular weight excluding hydrogens is 491 g/mol. The van der Waals surface area contributed by atoms with Crippen LogP contribution in [0.15, 0.2) is 18.5 Å². The number of halogens is 4. The van der Waals surface area contributed by atoms with Crippen molar-refractivity contribution in [3.63, 3.8) is 0 Å². The lowest BCUT2D eigenvalue weighted by molar-refractivity contribution is -0.216. The molecule has 34 heavy (non-hydrogen) atoms. The largest absolute Gasteiger partial charge is 0.401 e. The molecule has 3 aromatic rings. The summed E-state index contributed by atoms with van der Waals surface area (Å²) in [5.41, 5.74) is -0.0602. The van der Waals surface area contributed by atoms with E-state index in [0.717, 1.165) is 0 Å². The Bertz CT molecular complexity index is 1190. The number of aliphatic hydroxyl groups excluding tert-OH is 1. The molecule has 1 fully saturated rings. The normalized spacial score (nSPS) is 17.6. The van der Waals surface area contributed by atoms with E-state index in [1.54, 1.807) is 11.5 Å². The number of nitrogens with zero attached hydrogens (tertiary/aromatic N) is 6. The van der Waals surface area contributed by atoms with Crippen LogP contribution in [-0.2, 0) is 18.5 Å². The summed E-state index contributed by atoms with van der Waals surface area (Å²) >= 11 is 6.37. The SMILES string of the molecule is C[C@@H](CO)Nc1ncc(Cl)c(-c2cc3n(c2)CCCn2c-3nnc2C2(C(F)(F)F)CCC2)n1.S. The van der Waals surface area contributed by atoms with Crippen LogP contribution in [0.4, 0.5) is 19.1 Å². The molecule has 0 radical (unpaired) electrons. The van der Waals surface area contributed by atoms with Crippen LogP contribution in [0.5, 0.6) is 0 Å². The predicted molar refractivity (Wildman–Crippen MR) is 126 cm³/mol. The van der Waals surface area contributed by atoms with E-state index in [4.69, 9.17) is 11.6 Å². The highest BCUT2D eigenvalue weighted by molar-refractivity contribution is 7.59. The third kappa shape index (κ3) is 3.95. The molecule has 0 spiro atoms. The Morgan fingerprint density at radius 2 is 2.00 bits per heavy atom. The van der Waals surface area contributed by atoms with Gasteiger partial charge in [0.1, 0.15) is 11.2 Å². The summed E-state index contributed by atoms with van der Waals surface area (Å²) < 4.78 is 45.5. The molecule has 0 bridgehead atoms. The number of hydrogen-bond acceptors (Lipinski definition) is 6. The van der Waals surface area contributed by atoms with Crippen LogP contribution >= 0.6 is 25.1 Å². The van der Waals surface area contributed by atoms with Crippen molar-refractivity contribution in [2.24, 2.45) is 0 Å². The van der Waals surface area contributed by atoms with Gasteiger partial charge in [-0.2, -0.15) is 26.7 Å². The van der Waals surface area contributed by atoms with Gasteiger partial charge in [-0.1, -0.05) is 18.0 Å². The van der Waals surface area contributed by atoms with Crippen LogP contribution in [0.2, 0.25) is 5.02 Å². The molecule has 2 aliphatic rings. The van der Waals surface area contributed by atoms with Crippen LogP contribution in [0.3, 0.4) is 0 Å². The molecule has 5 rings (SSSR count). The van der Waals surface area contributed by atoms with E-state index in [-0.39, 0.29) is 44.8 Å². The standard InChI is InChI=1S/C21H23ClF3N7O.H2S/c1-12(11-33)27-19-26-9-14(22)16(28-19)13-8-15-17-29-30-18(20(4-2-5-20)21(23,24)25)32(17)7-3-6-31(15)10-13;/h8-10,12,33H,2-7,11H2,1H3,(H,26,27,28);1H2/t12-;/m0./s1. The van der Waals surface area contributed by atoms with Crippen LogP contribution in [0, 0.1) is 0 Å². The van der Waals surface area contributed by atoms with Crippen molar-refractivity contribution in [3.8, 4) is 22.8 Å². The molecule has 1 aliphatic heterocycles. The zero-order valence-corrected chi connectivity index (χ0v) is 20.2. The molecule has 4 heterocycles. The van der Waals surface area contributed by atoms with Gasteiger partial charge < -0.3 is 19.6 Å². The average molecular weight is 516 g/mol. The van der Waals surface area contributed by atoms with Crippen molar-refractivity contribution in [1.82, 2.24) is 29.3 Å². The summed E-state index contributed by atoms with van der Waals surface area (Å²) in [7, 11) is 0. The number of rotatable bonds is 5. The van der Waals surface area contributed by atoms with Crippen molar-refractivity contribution >= 4 is 31.0 Å². The molecule has 8 nitrogen and oxygen atoms in total.